The predicted octanol–water partition coefficient (Wildman–Crippen LogP) is 16.2. The van der Waals surface area contributed by atoms with Crippen molar-refractivity contribution in [2.75, 3.05) is 0 Å². The van der Waals surface area contributed by atoms with Gasteiger partial charge in [-0.3, -0.25) is 4.57 Å². The lowest BCUT2D eigenvalue weighted by Gasteiger charge is -2.13. The quantitative estimate of drug-likeness (QED) is 0.156. The summed E-state index contributed by atoms with van der Waals surface area (Å²) in [7, 11) is 0. The molecule has 0 saturated carbocycles. The van der Waals surface area contributed by atoms with Crippen LogP contribution in [-0.4, -0.2) is 24.1 Å². The van der Waals surface area contributed by atoms with Crippen LogP contribution in [0.25, 0.3) is 133 Å². The largest absolute Gasteiger partial charge is 0.309 e. The van der Waals surface area contributed by atoms with E-state index in [1.807, 2.05) is 24.3 Å². The molecule has 68 heavy (non-hydrogen) atoms. The molecule has 0 aliphatic carbocycles. The highest BCUT2D eigenvalue weighted by molar-refractivity contribution is 6.26. The molecule has 0 fully saturated rings. The Balaban J connectivity index is 0.956. The van der Waals surface area contributed by atoms with Crippen LogP contribution in [0.15, 0.2) is 237 Å². The zero-order valence-corrected chi connectivity index (χ0v) is 36.8. The number of rotatable bonds is 6. The maximum Gasteiger partial charge on any atom is 0.238 e. The Morgan fingerprint density at radius 3 is 1.31 bits per heavy atom. The number of benzene rings is 11. The fourth-order valence-corrected chi connectivity index (χ4v) is 10.6. The number of para-hydroxylation sites is 2. The molecule has 0 atom stereocenters. The van der Waals surface area contributed by atoms with Crippen LogP contribution in [-0.2, 0) is 0 Å². The summed E-state index contributed by atoms with van der Waals surface area (Å²) in [4.78, 5) is 15.8. The van der Waals surface area contributed by atoms with Crippen LogP contribution in [0.1, 0.15) is 0 Å². The lowest BCUT2D eigenvalue weighted by Crippen LogP contribution is -2.06. The monoisotopic (exact) mass is 865 g/mol. The molecule has 0 N–H and O–H groups in total. The molecule has 3 heterocycles. The third-order valence-corrected chi connectivity index (χ3v) is 13.8. The normalized spacial score (nSPS) is 11.8. The van der Waals surface area contributed by atoms with E-state index in [0.29, 0.717) is 17.6 Å². The van der Waals surface area contributed by atoms with Crippen molar-refractivity contribution in [1.29, 1.82) is 0 Å². The first kappa shape index (κ1) is 38.1. The minimum Gasteiger partial charge on any atom is -0.309 e. The maximum atomic E-state index is 5.33. The highest BCUT2D eigenvalue weighted by atomic mass is 15.2. The van der Waals surface area contributed by atoms with Crippen LogP contribution < -0.4 is 0 Å². The van der Waals surface area contributed by atoms with Gasteiger partial charge in [-0.1, -0.05) is 188 Å². The van der Waals surface area contributed by atoms with Gasteiger partial charge in [0, 0.05) is 38.4 Å². The molecule has 0 unspecified atom stereocenters. The van der Waals surface area contributed by atoms with Gasteiger partial charge in [0.15, 0.2) is 11.6 Å². The molecule has 0 radical (unpaired) electrons. The van der Waals surface area contributed by atoms with Gasteiger partial charge in [0.05, 0.1) is 22.1 Å². The molecule has 316 valence electrons. The molecule has 0 amide bonds. The highest BCUT2D eigenvalue weighted by Gasteiger charge is 2.22. The zero-order valence-electron chi connectivity index (χ0n) is 36.8. The van der Waals surface area contributed by atoms with Crippen LogP contribution in [0.3, 0.4) is 0 Å². The fourth-order valence-electron chi connectivity index (χ4n) is 10.6. The second-order valence-electron chi connectivity index (χ2n) is 17.6. The molecule has 0 bridgehead atoms. The molecule has 0 aliphatic rings. The van der Waals surface area contributed by atoms with E-state index in [-0.39, 0.29) is 0 Å². The van der Waals surface area contributed by atoms with Crippen molar-refractivity contribution in [1.82, 2.24) is 24.1 Å². The number of hydrogen-bond donors (Lipinski definition) is 0. The van der Waals surface area contributed by atoms with Gasteiger partial charge in [-0.2, -0.15) is 9.97 Å². The smallest absolute Gasteiger partial charge is 0.238 e. The lowest BCUT2D eigenvalue weighted by molar-refractivity contribution is 0.953. The zero-order chi connectivity index (χ0) is 44.7. The molecule has 11 aromatic carbocycles. The van der Waals surface area contributed by atoms with E-state index in [1.165, 1.54) is 54.2 Å². The van der Waals surface area contributed by atoms with E-state index in [4.69, 9.17) is 15.0 Å². The lowest BCUT2D eigenvalue weighted by atomic mass is 9.92. The van der Waals surface area contributed by atoms with Crippen molar-refractivity contribution in [3.8, 4) is 56.7 Å². The number of aromatic nitrogens is 5. The van der Waals surface area contributed by atoms with Crippen LogP contribution in [0.2, 0.25) is 0 Å². The van der Waals surface area contributed by atoms with Gasteiger partial charge in [-0.05, 0) is 103 Å². The molecule has 0 aliphatic heterocycles. The summed E-state index contributed by atoms with van der Waals surface area (Å²) < 4.78 is 4.62. The van der Waals surface area contributed by atoms with Gasteiger partial charge in [0.2, 0.25) is 5.95 Å². The Hall–Kier alpha value is -9.19. The van der Waals surface area contributed by atoms with Crippen molar-refractivity contribution in [2.45, 2.75) is 0 Å². The summed E-state index contributed by atoms with van der Waals surface area (Å²) in [5.41, 5.74) is 11.8. The Bertz CT molecular complexity index is 4270. The summed E-state index contributed by atoms with van der Waals surface area (Å²) in [6, 6.07) is 84.7. The Morgan fingerprint density at radius 2 is 0.662 bits per heavy atom. The Labute approximate surface area is 391 Å². The van der Waals surface area contributed by atoms with Gasteiger partial charge in [-0.15, -0.1) is 0 Å². The van der Waals surface area contributed by atoms with Gasteiger partial charge in [0.25, 0.3) is 0 Å². The fraction of sp³-hybridized carbons (Fsp3) is 0. The van der Waals surface area contributed by atoms with Crippen LogP contribution in [0, 0.1) is 0 Å². The molecule has 0 spiro atoms. The minimum atomic E-state index is 0.563. The van der Waals surface area contributed by atoms with Crippen molar-refractivity contribution in [3.63, 3.8) is 0 Å². The summed E-state index contributed by atoms with van der Waals surface area (Å²) in [5.74, 6) is 1.79. The van der Waals surface area contributed by atoms with Crippen LogP contribution >= 0.6 is 0 Å². The minimum absolute atomic E-state index is 0.563. The predicted molar refractivity (Wildman–Crippen MR) is 283 cm³/mol. The SMILES string of the molecule is c1ccc(-c2cccc(-c3nc(-c4ccccc4)nc(-n4c5ccccc5c5cc6c7ccccc7n(-c7ccc(-c8ccc9c%10ccccc%10c%10ccccc%10c9c8)cc7)c6cc54)n3)c2)cc1. The first-order valence-corrected chi connectivity index (χ1v) is 23.1. The van der Waals surface area contributed by atoms with E-state index >= 15 is 0 Å². The van der Waals surface area contributed by atoms with E-state index in [2.05, 4.69) is 221 Å². The third-order valence-electron chi connectivity index (χ3n) is 13.8. The van der Waals surface area contributed by atoms with Gasteiger partial charge >= 0.3 is 0 Å². The Kier molecular flexibility index (Phi) is 8.52. The molecule has 14 aromatic rings. The molecule has 3 aromatic heterocycles. The average Bonchev–Trinajstić information content (AvgIpc) is 3.92. The van der Waals surface area contributed by atoms with Gasteiger partial charge < -0.3 is 4.57 Å². The van der Waals surface area contributed by atoms with Crippen molar-refractivity contribution in [2.24, 2.45) is 0 Å². The standard InChI is InChI=1S/C63H39N5/c1-3-16-40(17-4-1)43-20-15-21-45(36-43)62-64-61(42-18-5-2-6-19-42)65-63(66-62)68-58-29-14-12-27-53(58)56-38-55-52-26-11-13-28-57(52)67(59(55)39-60(56)68)46-33-30-41(31-34-46)44-32-35-51-49-24-8-7-22-47(49)48-23-9-10-25-50(48)54(51)37-44/h1-39H. The Morgan fingerprint density at radius 1 is 0.221 bits per heavy atom. The highest BCUT2D eigenvalue weighted by Crippen LogP contribution is 2.41. The van der Waals surface area contributed by atoms with E-state index in [0.717, 1.165) is 60.8 Å². The second-order valence-corrected chi connectivity index (χ2v) is 17.6. The molecular weight excluding hydrogens is 827 g/mol. The van der Waals surface area contributed by atoms with E-state index < -0.39 is 0 Å². The summed E-state index contributed by atoms with van der Waals surface area (Å²) in [5, 5.41) is 12.3. The average molecular weight is 866 g/mol. The first-order chi connectivity index (χ1) is 33.7. The first-order valence-electron chi connectivity index (χ1n) is 23.1. The van der Waals surface area contributed by atoms with E-state index in [1.54, 1.807) is 0 Å². The summed E-state index contributed by atoms with van der Waals surface area (Å²) in [6.45, 7) is 0. The molecule has 5 heteroatoms. The summed E-state index contributed by atoms with van der Waals surface area (Å²) in [6.07, 6.45) is 0. The van der Waals surface area contributed by atoms with Crippen molar-refractivity contribution >= 4 is 75.9 Å². The topological polar surface area (TPSA) is 48.5 Å². The third kappa shape index (κ3) is 5.99. The van der Waals surface area contributed by atoms with Crippen molar-refractivity contribution in [3.05, 3.63) is 237 Å². The molecule has 0 saturated heterocycles. The number of hydrogen-bond acceptors (Lipinski definition) is 3. The second kappa shape index (κ2) is 15.2. The molecule has 14 rings (SSSR count). The van der Waals surface area contributed by atoms with Gasteiger partial charge in [-0.25, -0.2) is 4.98 Å². The van der Waals surface area contributed by atoms with Crippen LogP contribution in [0.4, 0.5) is 0 Å². The molecular formula is C63H39N5. The van der Waals surface area contributed by atoms with Gasteiger partial charge in [0.1, 0.15) is 0 Å². The summed E-state index contributed by atoms with van der Waals surface area (Å²) >= 11 is 0. The number of nitrogens with zero attached hydrogens (tertiary/aromatic N) is 5. The molecule has 5 nitrogen and oxygen atoms in total. The van der Waals surface area contributed by atoms with Crippen molar-refractivity contribution < 1.29 is 0 Å². The van der Waals surface area contributed by atoms with E-state index in [9.17, 15) is 0 Å². The van der Waals surface area contributed by atoms with Crippen LogP contribution in [0.5, 0.6) is 0 Å². The maximum absolute atomic E-state index is 5.33. The number of fused-ring (bicyclic) bond motifs is 12.